The van der Waals surface area contributed by atoms with Crippen LogP contribution in [0.15, 0.2) is 97.6 Å². The zero-order valence-electron chi connectivity index (χ0n) is 16.2. The second-order valence-electron chi connectivity index (χ2n) is 6.72. The van der Waals surface area contributed by atoms with Gasteiger partial charge in [-0.05, 0) is 48.5 Å². The number of carbonyl (C=O) groups is 1. The number of hydrogen-bond donors (Lipinski definition) is 2. The van der Waals surface area contributed by atoms with Gasteiger partial charge in [0, 0.05) is 27.7 Å². The minimum absolute atomic E-state index is 0.00520. The van der Waals surface area contributed by atoms with Crippen molar-refractivity contribution in [3.8, 4) is 11.3 Å². The summed E-state index contributed by atoms with van der Waals surface area (Å²) in [5.74, 6) is -0.768. The van der Waals surface area contributed by atoms with Crippen LogP contribution < -0.4 is 5.23 Å². The second kappa shape index (κ2) is 8.77. The van der Waals surface area contributed by atoms with Crippen LogP contribution in [0.3, 0.4) is 0 Å². The molecule has 2 N–H and O–H groups in total. The van der Waals surface area contributed by atoms with Gasteiger partial charge in [0.25, 0.3) is 0 Å². The van der Waals surface area contributed by atoms with Crippen LogP contribution in [0.1, 0.15) is 16.1 Å². The third-order valence-corrected chi connectivity index (χ3v) is 7.02. The lowest BCUT2D eigenvalue weighted by Gasteiger charge is -2.11. The summed E-state index contributed by atoms with van der Waals surface area (Å²) in [6.45, 7) is 0. The fourth-order valence-corrected chi connectivity index (χ4v) is 4.88. The summed E-state index contributed by atoms with van der Waals surface area (Å²) in [6, 6.07) is 19.5. The topological polar surface area (TPSA) is 125 Å². The summed E-state index contributed by atoms with van der Waals surface area (Å²) in [5.41, 5.74) is 0.120. The number of halogens is 1. The lowest BCUT2D eigenvalue weighted by molar-refractivity contribution is -0.991. The van der Waals surface area contributed by atoms with Crippen molar-refractivity contribution in [2.24, 2.45) is 0 Å². The lowest BCUT2D eigenvalue weighted by Crippen LogP contribution is -2.99. The Balaban J connectivity index is 1.90. The van der Waals surface area contributed by atoms with Crippen LogP contribution in [0.4, 0.5) is 5.69 Å². The molecule has 1 aromatic heterocycles. The molecule has 0 saturated carbocycles. The number of benzene rings is 3. The normalized spacial score (nSPS) is 12.5. The van der Waals surface area contributed by atoms with Gasteiger partial charge in [-0.3, -0.25) is 4.79 Å². The summed E-state index contributed by atoms with van der Waals surface area (Å²) in [4.78, 5) is 12.8. The number of ketones is 1. The highest BCUT2D eigenvalue weighted by Crippen LogP contribution is 2.35. The zero-order valence-corrected chi connectivity index (χ0v) is 18.6. The second-order valence-corrected chi connectivity index (χ2v) is 9.53. The molecule has 0 spiro atoms. The van der Waals surface area contributed by atoms with Crippen LogP contribution in [0.2, 0.25) is 0 Å². The number of sulfone groups is 1. The van der Waals surface area contributed by atoms with E-state index in [4.69, 9.17) is 9.73 Å². The molecule has 10 heteroatoms. The van der Waals surface area contributed by atoms with Crippen molar-refractivity contribution in [1.82, 2.24) is 5.16 Å². The largest absolute Gasteiger partial charge is 0.595 e. The van der Waals surface area contributed by atoms with Crippen molar-refractivity contribution >= 4 is 37.2 Å². The molecule has 1 atom stereocenters. The standard InChI is InChI=1S/C22H15BrN2O6S/c23-16-10-6-15(7-11-16)21-22(32(29,30)18-4-2-1-3-5-18)19(24-31-21)20(26)14-8-12-17(13-9-14)25(27)28/h1-13,25,27H. The predicted molar refractivity (Wildman–Crippen MR) is 117 cm³/mol. The maximum Gasteiger partial charge on any atom is 0.216 e. The van der Waals surface area contributed by atoms with Gasteiger partial charge in [-0.2, -0.15) is 5.23 Å². The van der Waals surface area contributed by atoms with E-state index in [0.717, 1.165) is 4.47 Å². The maximum atomic E-state index is 13.5. The zero-order chi connectivity index (χ0) is 22.9. The summed E-state index contributed by atoms with van der Waals surface area (Å²) in [6.07, 6.45) is 0. The van der Waals surface area contributed by atoms with Crippen LogP contribution in [0, 0.1) is 5.21 Å². The fourth-order valence-electron chi connectivity index (χ4n) is 3.08. The Hall–Kier alpha value is -3.15. The quantitative estimate of drug-likeness (QED) is 0.297. The summed E-state index contributed by atoms with van der Waals surface area (Å²) >= 11 is 3.33. The Morgan fingerprint density at radius 1 is 0.969 bits per heavy atom. The molecule has 4 aromatic rings. The van der Waals surface area contributed by atoms with Gasteiger partial charge in [0.1, 0.15) is 0 Å². The molecule has 0 aliphatic carbocycles. The fraction of sp³-hybridized carbons (Fsp3) is 0. The minimum Gasteiger partial charge on any atom is -0.595 e. The van der Waals surface area contributed by atoms with E-state index < -0.39 is 20.8 Å². The van der Waals surface area contributed by atoms with Crippen molar-refractivity contribution in [2.45, 2.75) is 9.79 Å². The monoisotopic (exact) mass is 514 g/mol. The van der Waals surface area contributed by atoms with Gasteiger partial charge < -0.3 is 9.73 Å². The third-order valence-electron chi connectivity index (χ3n) is 4.69. The SMILES string of the molecule is O=C(c1ccc([NH+]([O-])O)cc1)c1noc(-c2ccc(Br)cc2)c1S(=O)(=O)c1ccccc1. The number of carbonyl (C=O) groups excluding carboxylic acids is 1. The van der Waals surface area contributed by atoms with Crippen molar-refractivity contribution in [2.75, 3.05) is 0 Å². The highest BCUT2D eigenvalue weighted by Gasteiger charge is 2.34. The average Bonchev–Trinajstić information content (AvgIpc) is 3.26. The van der Waals surface area contributed by atoms with Crippen LogP contribution >= 0.6 is 15.9 Å². The molecule has 162 valence electrons. The van der Waals surface area contributed by atoms with E-state index in [2.05, 4.69) is 21.1 Å². The third kappa shape index (κ3) is 4.14. The summed E-state index contributed by atoms with van der Waals surface area (Å²) in [7, 11) is -4.17. The molecule has 0 bridgehead atoms. The smallest absolute Gasteiger partial charge is 0.216 e. The molecule has 0 aliphatic rings. The first kappa shape index (κ1) is 22.1. The Morgan fingerprint density at radius 2 is 1.59 bits per heavy atom. The molecule has 1 unspecified atom stereocenters. The van der Waals surface area contributed by atoms with Crippen LogP contribution in [-0.2, 0) is 9.84 Å². The number of rotatable bonds is 6. The van der Waals surface area contributed by atoms with E-state index in [1.165, 1.54) is 36.4 Å². The highest BCUT2D eigenvalue weighted by atomic mass is 79.9. The van der Waals surface area contributed by atoms with E-state index in [1.807, 2.05) is 0 Å². The van der Waals surface area contributed by atoms with Gasteiger partial charge in [0.05, 0.1) is 4.90 Å². The van der Waals surface area contributed by atoms with Crippen LogP contribution in [0.5, 0.6) is 0 Å². The first-order valence-electron chi connectivity index (χ1n) is 9.23. The Labute approximate surface area is 191 Å². The van der Waals surface area contributed by atoms with Crippen molar-refractivity contribution in [1.29, 1.82) is 0 Å². The number of hydrogen-bond acceptors (Lipinski definition) is 7. The summed E-state index contributed by atoms with van der Waals surface area (Å²) in [5, 5.41) is 22.8. The maximum absolute atomic E-state index is 13.5. The Morgan fingerprint density at radius 3 is 2.19 bits per heavy atom. The van der Waals surface area contributed by atoms with Crippen molar-refractivity contribution in [3.63, 3.8) is 0 Å². The number of nitrogens with zero attached hydrogens (tertiary/aromatic N) is 1. The molecule has 0 radical (unpaired) electrons. The molecular formula is C22H15BrN2O6S. The molecule has 32 heavy (non-hydrogen) atoms. The van der Waals surface area contributed by atoms with Gasteiger partial charge in [-0.15, -0.1) is 0 Å². The first-order valence-corrected chi connectivity index (χ1v) is 11.5. The highest BCUT2D eigenvalue weighted by molar-refractivity contribution is 9.10. The number of quaternary nitrogens is 1. The Bertz CT molecular complexity index is 1370. The van der Waals surface area contributed by atoms with Crippen molar-refractivity contribution < 1.29 is 28.2 Å². The van der Waals surface area contributed by atoms with Crippen molar-refractivity contribution in [3.05, 3.63) is 99.8 Å². The first-order chi connectivity index (χ1) is 15.3. The summed E-state index contributed by atoms with van der Waals surface area (Å²) < 4.78 is 33.2. The molecule has 4 rings (SSSR count). The Kier molecular flexibility index (Phi) is 6.04. The van der Waals surface area contributed by atoms with E-state index in [0.29, 0.717) is 5.56 Å². The molecule has 0 amide bonds. The predicted octanol–water partition coefficient (Wildman–Crippen LogP) is 3.57. The van der Waals surface area contributed by atoms with Gasteiger partial charge in [-0.25, -0.2) is 13.6 Å². The molecule has 0 aliphatic heterocycles. The molecular weight excluding hydrogens is 500 g/mol. The molecule has 0 saturated heterocycles. The average molecular weight is 515 g/mol. The lowest BCUT2D eigenvalue weighted by atomic mass is 10.1. The van der Waals surface area contributed by atoms with Gasteiger partial charge in [0.15, 0.2) is 22.0 Å². The van der Waals surface area contributed by atoms with Crippen LogP contribution in [-0.4, -0.2) is 24.6 Å². The molecule has 8 nitrogen and oxygen atoms in total. The van der Waals surface area contributed by atoms with Gasteiger partial charge in [0.2, 0.25) is 15.6 Å². The van der Waals surface area contributed by atoms with E-state index in [-0.39, 0.29) is 32.5 Å². The number of aromatic nitrogens is 1. The minimum atomic E-state index is -4.17. The van der Waals surface area contributed by atoms with Gasteiger partial charge in [-0.1, -0.05) is 39.3 Å². The van der Waals surface area contributed by atoms with E-state index in [1.54, 1.807) is 42.5 Å². The van der Waals surface area contributed by atoms with E-state index >= 15 is 0 Å². The molecule has 3 aromatic carbocycles. The van der Waals surface area contributed by atoms with Gasteiger partial charge >= 0.3 is 0 Å². The molecule has 1 heterocycles. The molecule has 0 fully saturated rings. The van der Waals surface area contributed by atoms with Crippen LogP contribution in [0.25, 0.3) is 11.3 Å². The number of nitrogens with one attached hydrogen (secondary N) is 1. The van der Waals surface area contributed by atoms with E-state index in [9.17, 15) is 18.4 Å².